The van der Waals surface area contributed by atoms with E-state index >= 15 is 0 Å². The lowest BCUT2D eigenvalue weighted by molar-refractivity contribution is 0.101. The van der Waals surface area contributed by atoms with E-state index in [1.54, 1.807) is 48.3 Å². The number of aliphatic imine (C=N–C) groups is 1. The number of fused-ring (bicyclic) bond motifs is 6. The van der Waals surface area contributed by atoms with Crippen LogP contribution in [0.25, 0.3) is 44.5 Å². The minimum absolute atomic E-state index is 0.188. The number of pyridine rings is 1. The lowest BCUT2D eigenvalue weighted by Gasteiger charge is -2.23. The van der Waals surface area contributed by atoms with Gasteiger partial charge in [-0.15, -0.1) is 0 Å². The lowest BCUT2D eigenvalue weighted by Crippen LogP contribution is -2.25. The number of benzene rings is 2. The molecule has 2 aromatic carbocycles. The van der Waals surface area contributed by atoms with Gasteiger partial charge in [0.05, 0.1) is 41.0 Å². The van der Waals surface area contributed by atoms with Crippen LogP contribution in [0.3, 0.4) is 0 Å². The van der Waals surface area contributed by atoms with Gasteiger partial charge < -0.3 is 18.5 Å². The third-order valence-electron chi connectivity index (χ3n) is 7.81. The van der Waals surface area contributed by atoms with E-state index in [0.29, 0.717) is 80.7 Å². The third-order valence-corrected chi connectivity index (χ3v) is 9.00. The Bertz CT molecular complexity index is 2130. The van der Waals surface area contributed by atoms with Crippen molar-refractivity contribution < 1.29 is 31.5 Å². The molecule has 0 saturated carbocycles. The van der Waals surface area contributed by atoms with E-state index in [1.807, 2.05) is 10.6 Å². The molecule has 0 amide bonds. The first kappa shape index (κ1) is 27.0. The number of anilines is 2. The molecule has 1 fully saturated rings. The molecule has 5 heterocycles. The summed E-state index contributed by atoms with van der Waals surface area (Å²) < 4.78 is 60.9. The van der Waals surface area contributed by atoms with Crippen molar-refractivity contribution in [3.8, 4) is 28.4 Å². The van der Waals surface area contributed by atoms with Gasteiger partial charge in [0, 0.05) is 36.5 Å². The normalized spacial score (nSPS) is 15.5. The highest BCUT2D eigenvalue weighted by atomic mass is 32.2. The topological polar surface area (TPSA) is 119 Å². The Hall–Kier alpha value is -4.91. The Labute approximate surface area is 245 Å². The summed E-state index contributed by atoms with van der Waals surface area (Å²) in [5, 5.41) is 0.926. The number of rotatable bonds is 5. The molecule has 2 aliphatic rings. The minimum atomic E-state index is -3.71. The minimum Gasteiger partial charge on any atom is -0.470 e. The molecule has 0 N–H and O–H groups in total. The van der Waals surface area contributed by atoms with Crippen molar-refractivity contribution in [2.45, 2.75) is 13.7 Å². The maximum Gasteiger partial charge on any atom is 0.294 e. The van der Waals surface area contributed by atoms with Gasteiger partial charge in [-0.05, 0) is 43.3 Å². The van der Waals surface area contributed by atoms with Crippen LogP contribution in [-0.4, -0.2) is 63.3 Å². The molecule has 11 nitrogen and oxygen atoms in total. The summed E-state index contributed by atoms with van der Waals surface area (Å²) >= 11 is 0. The van der Waals surface area contributed by atoms with E-state index in [0.717, 1.165) is 10.6 Å². The van der Waals surface area contributed by atoms with E-state index in [9.17, 15) is 17.6 Å². The fourth-order valence-electron chi connectivity index (χ4n) is 5.68. The second-order valence-corrected chi connectivity index (χ2v) is 12.4. The first-order valence-electron chi connectivity index (χ1n) is 13.4. The molecule has 3 aromatic heterocycles. The van der Waals surface area contributed by atoms with Crippen LogP contribution >= 0.6 is 0 Å². The number of sulfonamides is 1. The van der Waals surface area contributed by atoms with Crippen LogP contribution in [0.2, 0.25) is 0 Å². The predicted octanol–water partition coefficient (Wildman–Crippen LogP) is 5.03. The van der Waals surface area contributed by atoms with Crippen LogP contribution in [0.5, 0.6) is 5.75 Å². The van der Waals surface area contributed by atoms with Gasteiger partial charge in [-0.1, -0.05) is 6.07 Å². The molecular formula is C30H26FN5O6S. The van der Waals surface area contributed by atoms with Crippen molar-refractivity contribution >= 4 is 55.3 Å². The largest absolute Gasteiger partial charge is 0.470 e. The van der Waals surface area contributed by atoms with Crippen molar-refractivity contribution in [3.05, 3.63) is 59.9 Å². The van der Waals surface area contributed by atoms with Gasteiger partial charge in [0.15, 0.2) is 12.5 Å². The zero-order valence-corrected chi connectivity index (χ0v) is 24.5. The summed E-state index contributed by atoms with van der Waals surface area (Å²) in [6, 6.07) is 13.7. The summed E-state index contributed by atoms with van der Waals surface area (Å²) in [4.78, 5) is 23.8. The quantitative estimate of drug-likeness (QED) is 0.257. The average molecular weight is 604 g/mol. The Kier molecular flexibility index (Phi) is 5.99. The second kappa shape index (κ2) is 9.56. The summed E-state index contributed by atoms with van der Waals surface area (Å²) in [6.07, 6.45) is 1.10. The maximum absolute atomic E-state index is 14.7. The lowest BCUT2D eigenvalue weighted by atomic mass is 10.0. The summed E-state index contributed by atoms with van der Waals surface area (Å²) in [5.41, 5.74) is 3.60. The van der Waals surface area contributed by atoms with Crippen LogP contribution < -0.4 is 13.9 Å². The number of amidine groups is 1. The number of furan rings is 1. The fourth-order valence-corrected chi connectivity index (χ4v) is 6.19. The molecule has 0 radical (unpaired) electrons. The Morgan fingerprint density at radius 1 is 1.12 bits per heavy atom. The Balaban J connectivity index is 1.48. The van der Waals surface area contributed by atoms with Crippen molar-refractivity contribution in [1.29, 1.82) is 0 Å². The van der Waals surface area contributed by atoms with Gasteiger partial charge in [-0.25, -0.2) is 22.8 Å². The number of hydrogen-bond donors (Lipinski definition) is 0. The summed E-state index contributed by atoms with van der Waals surface area (Å²) in [5.74, 6) is 0.175. The third kappa shape index (κ3) is 4.14. The average Bonchev–Trinajstić information content (AvgIpc) is 3.70. The number of aromatic nitrogens is 2. The number of Topliss-reactive ketones (excluding diaryl/α,β-unsaturated/α-hetero) is 1. The monoisotopic (exact) mass is 603 g/mol. The molecular weight excluding hydrogens is 577 g/mol. The van der Waals surface area contributed by atoms with Crippen molar-refractivity contribution in [2.75, 3.05) is 42.7 Å². The Morgan fingerprint density at radius 2 is 1.93 bits per heavy atom. The number of carbonyl (C=O) groups excluding carboxylic acids is 1. The molecule has 220 valence electrons. The highest BCUT2D eigenvalue weighted by Gasteiger charge is 2.32. The zero-order valence-electron chi connectivity index (χ0n) is 23.7. The summed E-state index contributed by atoms with van der Waals surface area (Å²) in [6.45, 7) is 2.43. The molecule has 1 saturated heterocycles. The van der Waals surface area contributed by atoms with Crippen LogP contribution in [0.1, 0.15) is 17.3 Å². The fraction of sp³-hybridized carbons (Fsp3) is 0.233. The Morgan fingerprint density at radius 3 is 2.67 bits per heavy atom. The van der Waals surface area contributed by atoms with Crippen LogP contribution in [0.4, 0.5) is 16.0 Å². The molecule has 0 unspecified atom stereocenters. The van der Waals surface area contributed by atoms with E-state index < -0.39 is 10.0 Å². The number of halogens is 1. The van der Waals surface area contributed by atoms with Crippen LogP contribution in [-0.2, 0) is 21.5 Å². The van der Waals surface area contributed by atoms with Crippen molar-refractivity contribution in [2.24, 2.45) is 4.99 Å². The van der Waals surface area contributed by atoms with E-state index in [1.165, 1.54) is 20.0 Å². The standard InChI is InChI=1S/C30H26FN5O6S/c1-16(37)27-19-12-18(23(34(3)43(4,38)39)14-26(19)42-29(27)35-10-11-40-30(35)32-2)21-8-9-25-28(33-21)24-13-17-20(31)6-5-7-22(17)36(24)15-41-25/h5-9,12-14H,10-11,15H2,1-4H3. The van der Waals surface area contributed by atoms with Gasteiger partial charge in [0.25, 0.3) is 6.02 Å². The molecule has 0 spiro atoms. The van der Waals surface area contributed by atoms with Gasteiger partial charge in [-0.2, -0.15) is 0 Å². The zero-order chi connectivity index (χ0) is 30.2. The van der Waals surface area contributed by atoms with Gasteiger partial charge in [-0.3, -0.25) is 14.0 Å². The first-order chi connectivity index (χ1) is 20.6. The molecule has 5 aromatic rings. The number of nitrogens with zero attached hydrogens (tertiary/aromatic N) is 5. The first-order valence-corrected chi connectivity index (χ1v) is 15.3. The van der Waals surface area contributed by atoms with Crippen molar-refractivity contribution in [1.82, 2.24) is 9.55 Å². The molecule has 0 atom stereocenters. The smallest absolute Gasteiger partial charge is 0.294 e. The van der Waals surface area contributed by atoms with Gasteiger partial charge in [0.1, 0.15) is 29.5 Å². The van der Waals surface area contributed by atoms with Gasteiger partial charge >= 0.3 is 0 Å². The number of ether oxygens (including phenoxy) is 2. The SMILES string of the molecule is CN=C1OCCN1c1oc2cc(N(C)S(C)(=O)=O)c(-c3ccc4c(n3)-c3cc5c(F)cccc5n3CO4)cc2c1C(C)=O. The molecule has 7 rings (SSSR count). The molecule has 0 bridgehead atoms. The maximum atomic E-state index is 14.7. The number of carbonyl (C=O) groups is 1. The van der Waals surface area contributed by atoms with E-state index in [4.69, 9.17) is 18.9 Å². The second-order valence-electron chi connectivity index (χ2n) is 10.4. The van der Waals surface area contributed by atoms with E-state index in [2.05, 4.69) is 4.99 Å². The predicted molar refractivity (Wildman–Crippen MR) is 161 cm³/mol. The summed E-state index contributed by atoms with van der Waals surface area (Å²) in [7, 11) is -0.692. The van der Waals surface area contributed by atoms with Gasteiger partial charge in [0.2, 0.25) is 15.9 Å². The molecule has 2 aliphatic heterocycles. The highest BCUT2D eigenvalue weighted by molar-refractivity contribution is 7.92. The molecule has 43 heavy (non-hydrogen) atoms. The number of ketones is 1. The molecule has 0 aliphatic carbocycles. The van der Waals surface area contributed by atoms with Crippen LogP contribution in [0.15, 0.2) is 57.9 Å². The van der Waals surface area contributed by atoms with Crippen LogP contribution in [0, 0.1) is 5.82 Å². The highest BCUT2D eigenvalue weighted by Crippen LogP contribution is 2.44. The number of hydrogen-bond acceptors (Lipinski definition) is 8. The van der Waals surface area contributed by atoms with E-state index in [-0.39, 0.29) is 24.2 Å². The molecule has 13 heteroatoms. The van der Waals surface area contributed by atoms with Crippen molar-refractivity contribution in [3.63, 3.8) is 0 Å².